The molecule has 6 heteroatoms. The molecule has 2 bridgehead atoms. The Balaban J connectivity index is 1.43. The average molecular weight is 291 g/mol. The van der Waals surface area contributed by atoms with Crippen molar-refractivity contribution in [3.8, 4) is 0 Å². The van der Waals surface area contributed by atoms with Gasteiger partial charge in [-0.1, -0.05) is 30.3 Å². The number of aliphatic carboxylic acids is 1. The maximum Gasteiger partial charge on any atom is 0.407 e. The SMILES string of the molecule is O=C(NCC12CC(C(=O)O)(CO1)C2)OCc1ccccc1. The molecule has 1 aromatic carbocycles. The zero-order valence-corrected chi connectivity index (χ0v) is 11.5. The molecule has 0 spiro atoms. The quantitative estimate of drug-likeness (QED) is 0.859. The van der Waals surface area contributed by atoms with E-state index >= 15 is 0 Å². The number of carboxylic acids is 1. The summed E-state index contributed by atoms with van der Waals surface area (Å²) in [6.45, 7) is 0.721. The summed E-state index contributed by atoms with van der Waals surface area (Å²) in [7, 11) is 0. The van der Waals surface area contributed by atoms with E-state index in [-0.39, 0.29) is 19.8 Å². The van der Waals surface area contributed by atoms with Gasteiger partial charge in [0.2, 0.25) is 0 Å². The molecule has 0 atom stereocenters. The largest absolute Gasteiger partial charge is 0.481 e. The van der Waals surface area contributed by atoms with Gasteiger partial charge in [0.1, 0.15) is 6.61 Å². The van der Waals surface area contributed by atoms with Gasteiger partial charge in [-0.05, 0) is 18.4 Å². The van der Waals surface area contributed by atoms with Gasteiger partial charge in [-0.2, -0.15) is 0 Å². The van der Waals surface area contributed by atoms with Crippen LogP contribution < -0.4 is 5.32 Å². The lowest BCUT2D eigenvalue weighted by molar-refractivity contribution is -0.153. The third-order valence-electron chi connectivity index (χ3n) is 4.20. The molecule has 2 heterocycles. The third kappa shape index (κ3) is 2.58. The maximum atomic E-state index is 11.6. The molecule has 4 rings (SSSR count). The topological polar surface area (TPSA) is 84.9 Å². The number of ether oxygens (including phenoxy) is 2. The molecule has 1 aromatic rings. The first kappa shape index (κ1) is 13.9. The Kier molecular flexibility index (Phi) is 3.33. The van der Waals surface area contributed by atoms with E-state index in [4.69, 9.17) is 14.6 Å². The Hall–Kier alpha value is -2.08. The molecule has 3 aliphatic rings. The summed E-state index contributed by atoms with van der Waals surface area (Å²) in [5, 5.41) is 11.8. The lowest BCUT2D eigenvalue weighted by Gasteiger charge is -2.41. The van der Waals surface area contributed by atoms with Crippen LogP contribution in [0, 0.1) is 5.41 Å². The summed E-state index contributed by atoms with van der Waals surface area (Å²) in [6.07, 6.45) is 0.388. The highest BCUT2D eigenvalue weighted by Gasteiger charge is 2.66. The van der Waals surface area contributed by atoms with Gasteiger partial charge in [-0.15, -0.1) is 0 Å². The fraction of sp³-hybridized carbons (Fsp3) is 0.467. The van der Waals surface area contributed by atoms with E-state index in [1.165, 1.54) is 0 Å². The summed E-state index contributed by atoms with van der Waals surface area (Å²) < 4.78 is 10.6. The highest BCUT2D eigenvalue weighted by molar-refractivity contribution is 5.78. The number of carbonyl (C=O) groups is 2. The molecule has 0 aromatic heterocycles. The molecule has 2 saturated heterocycles. The van der Waals surface area contributed by atoms with Crippen molar-refractivity contribution in [2.75, 3.05) is 13.2 Å². The van der Waals surface area contributed by atoms with E-state index in [1.807, 2.05) is 30.3 Å². The van der Waals surface area contributed by atoms with Gasteiger partial charge in [-0.3, -0.25) is 4.79 Å². The molecule has 112 valence electrons. The van der Waals surface area contributed by atoms with Gasteiger partial charge in [0.05, 0.1) is 17.6 Å². The molecule has 21 heavy (non-hydrogen) atoms. The van der Waals surface area contributed by atoms with Crippen molar-refractivity contribution in [1.29, 1.82) is 0 Å². The number of amides is 1. The second-order valence-corrected chi connectivity index (χ2v) is 5.83. The number of carbonyl (C=O) groups excluding carboxylic acids is 1. The second-order valence-electron chi connectivity index (χ2n) is 5.83. The van der Waals surface area contributed by atoms with Crippen LogP contribution in [0.1, 0.15) is 18.4 Å². The van der Waals surface area contributed by atoms with Crippen molar-refractivity contribution in [3.05, 3.63) is 35.9 Å². The lowest BCUT2D eigenvalue weighted by atomic mass is 9.62. The van der Waals surface area contributed by atoms with E-state index in [0.717, 1.165) is 5.56 Å². The molecule has 1 aliphatic carbocycles. The molecular formula is C15H17NO5. The molecule has 3 fully saturated rings. The molecular weight excluding hydrogens is 274 g/mol. The summed E-state index contributed by atoms with van der Waals surface area (Å²) in [4.78, 5) is 22.8. The highest BCUT2D eigenvalue weighted by atomic mass is 16.6. The van der Waals surface area contributed by atoms with Gasteiger partial charge in [0, 0.05) is 6.54 Å². The van der Waals surface area contributed by atoms with Crippen molar-refractivity contribution in [3.63, 3.8) is 0 Å². The fourth-order valence-electron chi connectivity index (χ4n) is 3.07. The molecule has 0 unspecified atom stereocenters. The minimum atomic E-state index is -0.817. The van der Waals surface area contributed by atoms with Gasteiger partial charge in [0.25, 0.3) is 0 Å². The van der Waals surface area contributed by atoms with Gasteiger partial charge in [-0.25, -0.2) is 4.79 Å². The van der Waals surface area contributed by atoms with Crippen molar-refractivity contribution in [2.24, 2.45) is 5.41 Å². The number of benzene rings is 1. The van der Waals surface area contributed by atoms with Crippen molar-refractivity contribution < 1.29 is 24.2 Å². The second kappa shape index (κ2) is 5.04. The van der Waals surface area contributed by atoms with Crippen LogP contribution in [0.5, 0.6) is 0 Å². The Morgan fingerprint density at radius 1 is 1.29 bits per heavy atom. The normalized spacial score (nSPS) is 29.5. The zero-order valence-electron chi connectivity index (χ0n) is 11.5. The molecule has 2 N–H and O–H groups in total. The van der Waals surface area contributed by atoms with Gasteiger partial charge in [0.15, 0.2) is 0 Å². The minimum absolute atomic E-state index is 0.208. The molecule has 1 saturated carbocycles. The van der Waals surface area contributed by atoms with E-state index in [2.05, 4.69) is 5.32 Å². The average Bonchev–Trinajstić information content (AvgIpc) is 3.01. The summed E-state index contributed by atoms with van der Waals surface area (Å²) in [5.74, 6) is -0.817. The molecule has 0 radical (unpaired) electrons. The van der Waals surface area contributed by atoms with Crippen LogP contribution in [0.25, 0.3) is 0 Å². The first-order valence-electron chi connectivity index (χ1n) is 6.86. The summed E-state index contributed by atoms with van der Waals surface area (Å²) in [6, 6.07) is 9.40. The predicted octanol–water partition coefficient (Wildman–Crippen LogP) is 1.55. The van der Waals surface area contributed by atoms with Crippen molar-refractivity contribution in [1.82, 2.24) is 5.32 Å². The van der Waals surface area contributed by atoms with E-state index in [0.29, 0.717) is 12.8 Å². The molecule has 6 nitrogen and oxygen atoms in total. The van der Waals surface area contributed by atoms with Crippen LogP contribution in [0.15, 0.2) is 30.3 Å². The predicted molar refractivity (Wildman–Crippen MR) is 72.6 cm³/mol. The number of carboxylic acid groups (broad SMARTS) is 1. The summed E-state index contributed by atoms with van der Waals surface area (Å²) >= 11 is 0. The van der Waals surface area contributed by atoms with Crippen LogP contribution in [-0.2, 0) is 20.9 Å². The van der Waals surface area contributed by atoms with E-state index in [1.54, 1.807) is 0 Å². The van der Waals surface area contributed by atoms with Crippen LogP contribution in [-0.4, -0.2) is 35.9 Å². The standard InChI is InChI=1S/C15H17NO5/c17-12(18)14-7-15(8-14,21-10-14)9-16-13(19)20-6-11-4-2-1-3-5-11/h1-5H,6-10H2,(H,16,19)(H,17,18). The van der Waals surface area contributed by atoms with Gasteiger partial charge >= 0.3 is 12.1 Å². The molecule has 1 amide bonds. The monoisotopic (exact) mass is 291 g/mol. The lowest BCUT2D eigenvalue weighted by Crippen LogP contribution is -2.54. The number of fused-ring (bicyclic) bond motifs is 1. The van der Waals surface area contributed by atoms with Crippen LogP contribution in [0.2, 0.25) is 0 Å². The fourth-order valence-corrected chi connectivity index (χ4v) is 3.07. The molecule has 2 aliphatic heterocycles. The number of alkyl carbamates (subject to hydrolysis) is 1. The van der Waals surface area contributed by atoms with Crippen LogP contribution in [0.3, 0.4) is 0 Å². The number of nitrogens with one attached hydrogen (secondary N) is 1. The Bertz CT molecular complexity index is 550. The van der Waals surface area contributed by atoms with E-state index in [9.17, 15) is 9.59 Å². The Morgan fingerprint density at radius 3 is 2.62 bits per heavy atom. The first-order valence-corrected chi connectivity index (χ1v) is 6.86. The zero-order chi connectivity index (χ0) is 14.9. The summed E-state index contributed by atoms with van der Waals surface area (Å²) in [5.41, 5.74) is -0.351. The smallest absolute Gasteiger partial charge is 0.407 e. The van der Waals surface area contributed by atoms with Crippen molar-refractivity contribution >= 4 is 12.1 Å². The third-order valence-corrected chi connectivity index (χ3v) is 4.20. The Labute approximate surface area is 122 Å². The number of rotatable bonds is 5. The van der Waals surface area contributed by atoms with Gasteiger partial charge < -0.3 is 19.9 Å². The maximum absolute atomic E-state index is 11.6. The van der Waals surface area contributed by atoms with Crippen LogP contribution >= 0.6 is 0 Å². The number of hydrogen-bond donors (Lipinski definition) is 2. The first-order chi connectivity index (χ1) is 10.0. The Morgan fingerprint density at radius 2 is 2.00 bits per heavy atom. The van der Waals surface area contributed by atoms with E-state index < -0.39 is 23.1 Å². The highest BCUT2D eigenvalue weighted by Crippen LogP contribution is 2.57. The minimum Gasteiger partial charge on any atom is -0.481 e. The van der Waals surface area contributed by atoms with Crippen LogP contribution in [0.4, 0.5) is 4.79 Å². The van der Waals surface area contributed by atoms with Crippen molar-refractivity contribution in [2.45, 2.75) is 25.0 Å². The number of hydrogen-bond acceptors (Lipinski definition) is 4.